The number of carbonyl (C=O) groups excluding carboxylic acids is 1. The first-order valence-corrected chi connectivity index (χ1v) is 11.0. The van der Waals surface area contributed by atoms with E-state index in [4.69, 9.17) is 24.5 Å². The molecule has 2 fully saturated rings. The molecule has 9 nitrogen and oxygen atoms in total. The Morgan fingerprint density at radius 2 is 1.61 bits per heavy atom. The van der Waals surface area contributed by atoms with Gasteiger partial charge in [0.25, 0.3) is 5.91 Å². The number of nitrogens with zero attached hydrogens (tertiary/aromatic N) is 2. The zero-order chi connectivity index (χ0) is 27.7. The van der Waals surface area contributed by atoms with Gasteiger partial charge in [-0.25, -0.2) is 9.59 Å². The maximum atomic E-state index is 12.5. The number of piperidine rings is 1. The zero-order valence-corrected chi connectivity index (χ0v) is 19.6. The van der Waals surface area contributed by atoms with Gasteiger partial charge >= 0.3 is 24.3 Å². The van der Waals surface area contributed by atoms with Gasteiger partial charge in [-0.1, -0.05) is 13.8 Å². The van der Waals surface area contributed by atoms with Crippen molar-refractivity contribution in [1.82, 2.24) is 14.8 Å². The SMILES string of the molecule is CCN(CC)C[C@@H]1OC[C@H]2CN(C(=O)c3cc[nH]c3)CC[C@H]21.O=C(O)C(F)(F)F.O=C(O)C(F)(F)F. The largest absolute Gasteiger partial charge is 0.490 e. The molecule has 1 aromatic rings. The number of aromatic nitrogens is 1. The molecule has 0 radical (unpaired) electrons. The molecule has 2 aliphatic heterocycles. The lowest BCUT2D eigenvalue weighted by atomic mass is 9.84. The van der Waals surface area contributed by atoms with Gasteiger partial charge in [0.15, 0.2) is 0 Å². The first kappa shape index (κ1) is 31.2. The van der Waals surface area contributed by atoms with E-state index in [9.17, 15) is 31.1 Å². The summed E-state index contributed by atoms with van der Waals surface area (Å²) in [5.41, 5.74) is 0.761. The smallest absolute Gasteiger partial charge is 0.475 e. The van der Waals surface area contributed by atoms with Crippen molar-refractivity contribution in [2.24, 2.45) is 11.8 Å². The summed E-state index contributed by atoms with van der Waals surface area (Å²) in [6.07, 6.45) is -5.18. The molecule has 3 heterocycles. The minimum absolute atomic E-state index is 0.145. The first-order valence-electron chi connectivity index (χ1n) is 11.0. The lowest BCUT2D eigenvalue weighted by Crippen LogP contribution is -2.46. The summed E-state index contributed by atoms with van der Waals surface area (Å²) < 4.78 is 69.5. The molecule has 1 aromatic heterocycles. The number of aromatic amines is 1. The third-order valence-corrected chi connectivity index (χ3v) is 5.74. The van der Waals surface area contributed by atoms with Crippen LogP contribution < -0.4 is 0 Å². The second-order valence-corrected chi connectivity index (χ2v) is 8.03. The molecule has 15 heteroatoms. The van der Waals surface area contributed by atoms with Gasteiger partial charge < -0.3 is 29.7 Å². The normalized spacial score (nSPS) is 21.6. The van der Waals surface area contributed by atoms with Crippen LogP contribution in [-0.4, -0.2) is 101 Å². The minimum atomic E-state index is -5.08. The van der Waals surface area contributed by atoms with Gasteiger partial charge in [0, 0.05) is 37.9 Å². The molecule has 0 spiro atoms. The maximum absolute atomic E-state index is 12.5. The standard InChI is InChI=1S/C17H27N3O2.2C2HF3O2/c1-3-19(4-2)11-16-15-6-8-20(10-14(15)12-22-16)17(21)13-5-7-18-9-13;2*3-2(4,5)1(6)7/h5,7,9,14-16,18H,3-4,6,8,10-12H2,1-2H3;2*(H,6,7)/t14-,15-,16+;;/m1../s1. The Hall–Kier alpha value is -2.81. The third-order valence-electron chi connectivity index (χ3n) is 5.74. The number of carbonyl (C=O) groups is 3. The molecule has 2 aliphatic rings. The average Bonchev–Trinajstić information content (AvgIpc) is 3.46. The van der Waals surface area contributed by atoms with E-state index in [1.54, 1.807) is 12.4 Å². The Balaban J connectivity index is 0.000000383. The van der Waals surface area contributed by atoms with Crippen LogP contribution in [0.15, 0.2) is 18.5 Å². The molecule has 3 rings (SSSR count). The van der Waals surface area contributed by atoms with Gasteiger partial charge in [-0.05, 0) is 31.5 Å². The number of aliphatic carboxylic acids is 2. The van der Waals surface area contributed by atoms with Crippen molar-refractivity contribution in [2.75, 3.05) is 39.3 Å². The molecular weight excluding hydrogens is 504 g/mol. The quantitative estimate of drug-likeness (QED) is 0.497. The van der Waals surface area contributed by atoms with Crippen molar-refractivity contribution in [2.45, 2.75) is 38.7 Å². The highest BCUT2D eigenvalue weighted by molar-refractivity contribution is 5.94. The van der Waals surface area contributed by atoms with Crippen LogP contribution in [0.1, 0.15) is 30.6 Å². The average molecular weight is 533 g/mol. The monoisotopic (exact) mass is 533 g/mol. The molecule has 0 aliphatic carbocycles. The summed E-state index contributed by atoms with van der Waals surface area (Å²) >= 11 is 0. The summed E-state index contributed by atoms with van der Waals surface area (Å²) in [6.45, 7) is 10.1. The van der Waals surface area contributed by atoms with E-state index in [1.165, 1.54) is 0 Å². The topological polar surface area (TPSA) is 123 Å². The number of carboxylic acids is 2. The van der Waals surface area contributed by atoms with E-state index >= 15 is 0 Å². The van der Waals surface area contributed by atoms with Crippen molar-refractivity contribution in [3.63, 3.8) is 0 Å². The fourth-order valence-corrected chi connectivity index (χ4v) is 3.84. The summed E-state index contributed by atoms with van der Waals surface area (Å²) in [5, 5.41) is 14.2. The van der Waals surface area contributed by atoms with E-state index in [0.717, 1.165) is 51.3 Å². The molecule has 0 saturated carbocycles. The third kappa shape index (κ3) is 9.68. The van der Waals surface area contributed by atoms with Crippen LogP contribution in [0, 0.1) is 11.8 Å². The predicted octanol–water partition coefficient (Wildman–Crippen LogP) is 3.10. The van der Waals surface area contributed by atoms with Gasteiger partial charge in [-0.3, -0.25) is 4.79 Å². The van der Waals surface area contributed by atoms with Crippen molar-refractivity contribution < 1.29 is 55.7 Å². The van der Waals surface area contributed by atoms with Crippen LogP contribution in [-0.2, 0) is 14.3 Å². The van der Waals surface area contributed by atoms with E-state index in [0.29, 0.717) is 17.9 Å². The van der Waals surface area contributed by atoms with Crippen LogP contribution in [0.3, 0.4) is 0 Å². The van der Waals surface area contributed by atoms with Crippen molar-refractivity contribution >= 4 is 17.8 Å². The number of hydrogen-bond acceptors (Lipinski definition) is 5. The number of likely N-dealkylation sites (tertiary alicyclic amines) is 1. The number of fused-ring (bicyclic) bond motifs is 1. The molecule has 1 amide bonds. The number of H-pyrrole nitrogens is 1. The second kappa shape index (κ2) is 13.5. The number of carboxylic acid groups (broad SMARTS) is 2. The molecule has 0 aromatic carbocycles. The lowest BCUT2D eigenvalue weighted by Gasteiger charge is -2.36. The molecule has 2 saturated heterocycles. The molecule has 3 N–H and O–H groups in total. The van der Waals surface area contributed by atoms with Crippen molar-refractivity contribution in [3.05, 3.63) is 24.0 Å². The molecule has 36 heavy (non-hydrogen) atoms. The van der Waals surface area contributed by atoms with Gasteiger partial charge in [0.2, 0.25) is 0 Å². The summed E-state index contributed by atoms with van der Waals surface area (Å²) in [7, 11) is 0. The molecule has 206 valence electrons. The Morgan fingerprint density at radius 3 is 2.03 bits per heavy atom. The summed E-state index contributed by atoms with van der Waals surface area (Å²) in [4.78, 5) is 37.6. The first-order chi connectivity index (χ1) is 16.6. The number of rotatable bonds is 5. The number of alkyl halides is 6. The number of halogens is 6. The highest BCUT2D eigenvalue weighted by Crippen LogP contribution is 2.35. The minimum Gasteiger partial charge on any atom is -0.475 e. The van der Waals surface area contributed by atoms with E-state index in [1.807, 2.05) is 11.0 Å². The Morgan fingerprint density at radius 1 is 1.08 bits per heavy atom. The van der Waals surface area contributed by atoms with E-state index < -0.39 is 24.3 Å². The summed E-state index contributed by atoms with van der Waals surface area (Å²) in [6, 6.07) is 1.85. The molecular formula is C21H29F6N3O6. The van der Waals surface area contributed by atoms with Crippen LogP contribution in [0.4, 0.5) is 26.3 Å². The molecule has 0 bridgehead atoms. The van der Waals surface area contributed by atoms with Gasteiger partial charge in [0.05, 0.1) is 18.3 Å². The Kier molecular flexibility index (Phi) is 11.7. The van der Waals surface area contributed by atoms with Gasteiger partial charge in [0.1, 0.15) is 0 Å². The second-order valence-electron chi connectivity index (χ2n) is 8.03. The van der Waals surface area contributed by atoms with Crippen LogP contribution >= 0.6 is 0 Å². The van der Waals surface area contributed by atoms with E-state index in [2.05, 4.69) is 23.7 Å². The van der Waals surface area contributed by atoms with Gasteiger partial charge in [-0.2, -0.15) is 26.3 Å². The summed E-state index contributed by atoms with van der Waals surface area (Å²) in [5.74, 6) is -4.26. The van der Waals surface area contributed by atoms with Crippen LogP contribution in [0.25, 0.3) is 0 Å². The Labute approximate surface area is 203 Å². The van der Waals surface area contributed by atoms with E-state index in [-0.39, 0.29) is 5.91 Å². The fourth-order valence-electron chi connectivity index (χ4n) is 3.84. The number of hydrogen-bond donors (Lipinski definition) is 3. The number of likely N-dealkylation sites (N-methyl/N-ethyl adjacent to an activating group) is 1. The van der Waals surface area contributed by atoms with Crippen LogP contribution in [0.5, 0.6) is 0 Å². The fraction of sp³-hybridized carbons (Fsp3) is 0.667. The maximum Gasteiger partial charge on any atom is 0.490 e. The highest BCUT2D eigenvalue weighted by atomic mass is 19.4. The number of ether oxygens (including phenoxy) is 1. The molecule has 0 unspecified atom stereocenters. The van der Waals surface area contributed by atoms with Crippen LogP contribution in [0.2, 0.25) is 0 Å². The predicted molar refractivity (Wildman–Crippen MR) is 113 cm³/mol. The molecule has 3 atom stereocenters. The lowest BCUT2D eigenvalue weighted by molar-refractivity contribution is -0.193. The number of amides is 1. The van der Waals surface area contributed by atoms with Gasteiger partial charge in [-0.15, -0.1) is 0 Å². The Bertz CT molecular complexity index is 818. The zero-order valence-electron chi connectivity index (χ0n) is 19.6. The van der Waals surface area contributed by atoms with Crippen molar-refractivity contribution in [1.29, 1.82) is 0 Å². The highest BCUT2D eigenvalue weighted by Gasteiger charge is 2.42. The number of nitrogens with one attached hydrogen (secondary N) is 1. The van der Waals surface area contributed by atoms with Crippen molar-refractivity contribution in [3.8, 4) is 0 Å².